The van der Waals surface area contributed by atoms with Crippen molar-refractivity contribution in [2.24, 2.45) is 0 Å². The van der Waals surface area contributed by atoms with Gasteiger partial charge >= 0.3 is 5.77 Å². The summed E-state index contributed by atoms with van der Waals surface area (Å²) in [6.07, 6.45) is 6.38. The number of terminal acetylenes is 1. The fraction of sp³-hybridized carbons (Fsp3) is 0.211. The van der Waals surface area contributed by atoms with Crippen LogP contribution in [-0.4, -0.2) is 19.1 Å². The number of hydrogen-bond donors (Lipinski definition) is 1. The minimum Gasteiger partial charge on any atom is -0.345 e. The Hall–Kier alpha value is -1.64. The molecule has 0 saturated carbocycles. The molecule has 1 N–H and O–H groups in total. The van der Waals surface area contributed by atoms with Crippen molar-refractivity contribution in [2.75, 3.05) is 13.2 Å². The lowest BCUT2D eigenvalue weighted by molar-refractivity contribution is -0.115. The molecule has 0 aliphatic carbocycles. The monoisotopic (exact) mass is 405 g/mol. The second-order valence-electron chi connectivity index (χ2n) is 5.20. The van der Waals surface area contributed by atoms with Gasteiger partial charge in [0.05, 0.1) is 6.61 Å². The van der Waals surface area contributed by atoms with Gasteiger partial charge in [0.25, 0.3) is 5.91 Å². The van der Waals surface area contributed by atoms with Crippen molar-refractivity contribution in [2.45, 2.75) is 22.6 Å². The van der Waals surface area contributed by atoms with Gasteiger partial charge in [0, 0.05) is 16.3 Å². The van der Waals surface area contributed by atoms with Crippen molar-refractivity contribution in [1.82, 2.24) is 5.32 Å². The third-order valence-electron chi connectivity index (χ3n) is 3.16. The number of carbonyl (C=O) groups is 1. The van der Waals surface area contributed by atoms with Crippen molar-refractivity contribution in [3.63, 3.8) is 0 Å². The molecule has 0 aromatic heterocycles. The molecule has 2 aromatic rings. The van der Waals surface area contributed by atoms with Gasteiger partial charge in [-0.2, -0.15) is 0 Å². The van der Waals surface area contributed by atoms with Crippen molar-refractivity contribution < 1.29 is 13.9 Å². The molecule has 0 unspecified atom stereocenters. The van der Waals surface area contributed by atoms with Crippen LogP contribution in [0.5, 0.6) is 0 Å². The molecule has 4 nitrogen and oxygen atoms in total. The zero-order chi connectivity index (χ0) is 18.7. The molecule has 0 aliphatic rings. The van der Waals surface area contributed by atoms with Crippen LogP contribution in [-0.2, 0) is 13.9 Å². The lowest BCUT2D eigenvalue weighted by Crippen LogP contribution is -2.22. The minimum atomic E-state index is -3.02. The van der Waals surface area contributed by atoms with Gasteiger partial charge < -0.3 is 9.84 Å². The number of hydrogen-bond acceptors (Lipinski definition) is 5. The molecule has 0 fully saturated rings. The van der Waals surface area contributed by atoms with Crippen molar-refractivity contribution in [3.8, 4) is 12.3 Å². The topological polar surface area (TPSA) is 55.4 Å². The highest BCUT2D eigenvalue weighted by molar-refractivity contribution is 8.89. The molecular weight excluding hydrogens is 385 g/mol. The van der Waals surface area contributed by atoms with Crippen LogP contribution in [0.1, 0.15) is 12.8 Å². The summed E-state index contributed by atoms with van der Waals surface area (Å²) in [5, 5.41) is 2.60. The summed E-state index contributed by atoms with van der Waals surface area (Å²) in [6.45, 7) is 0.831. The number of unbranched alkanes of at least 4 members (excludes halogenated alkanes) is 1. The molecular formula is C19H20NO3PS2. The Labute approximate surface area is 162 Å². The van der Waals surface area contributed by atoms with Gasteiger partial charge in [-0.25, -0.2) is 0 Å². The Morgan fingerprint density at radius 3 is 2.04 bits per heavy atom. The normalized spacial score (nSPS) is 10.9. The first-order valence-electron chi connectivity index (χ1n) is 8.09. The Morgan fingerprint density at radius 2 is 1.54 bits per heavy atom. The summed E-state index contributed by atoms with van der Waals surface area (Å²) in [5.41, 5.74) is 0. The summed E-state index contributed by atoms with van der Waals surface area (Å²) in [7, 11) is 0. The molecule has 0 radical (unpaired) electrons. The summed E-state index contributed by atoms with van der Waals surface area (Å²) in [4.78, 5) is 12.8. The molecule has 7 heteroatoms. The third kappa shape index (κ3) is 7.72. The largest absolute Gasteiger partial charge is 0.345 e. The summed E-state index contributed by atoms with van der Waals surface area (Å²) >= 11 is 2.52. The lowest BCUT2D eigenvalue weighted by atomic mass is 10.3. The molecule has 0 saturated heterocycles. The summed E-state index contributed by atoms with van der Waals surface area (Å²) in [5.74, 6) is -1.44. The molecule has 26 heavy (non-hydrogen) atoms. The first-order valence-corrected chi connectivity index (χ1v) is 12.6. The molecule has 0 heterocycles. The molecule has 2 rings (SSSR count). The Morgan fingerprint density at radius 1 is 1.00 bits per heavy atom. The molecule has 1 amide bonds. The van der Waals surface area contributed by atoms with E-state index in [2.05, 4.69) is 5.32 Å². The van der Waals surface area contributed by atoms with Crippen LogP contribution < -0.4 is 5.32 Å². The highest BCUT2D eigenvalue weighted by Gasteiger charge is 2.27. The van der Waals surface area contributed by atoms with E-state index in [9.17, 15) is 9.36 Å². The highest BCUT2D eigenvalue weighted by Crippen LogP contribution is 2.74. The smallest absolute Gasteiger partial charge is 0.322 e. The Balaban J connectivity index is 1.91. The summed E-state index contributed by atoms with van der Waals surface area (Å²) in [6, 6.07) is 19.2. The van der Waals surface area contributed by atoms with Crippen LogP contribution in [0.4, 0.5) is 0 Å². The first kappa shape index (κ1) is 20.7. The van der Waals surface area contributed by atoms with E-state index >= 15 is 0 Å². The number of rotatable bonds is 10. The van der Waals surface area contributed by atoms with Crippen LogP contribution in [0.25, 0.3) is 0 Å². The molecule has 136 valence electrons. The average Bonchev–Trinajstić information content (AvgIpc) is 2.65. The second-order valence-corrected chi connectivity index (χ2v) is 12.3. The number of amides is 1. The fourth-order valence-corrected chi connectivity index (χ4v) is 8.56. The van der Waals surface area contributed by atoms with E-state index < -0.39 is 11.7 Å². The standard InChI is InChI=1S/C19H20NO3PS2/c1-2-19(21)20-15-9-10-16-23-24(22,25-17-11-5-3-6-12-17)26-18-13-7-4-8-14-18/h1,3-8,11-14H,9-10,15-16H2,(H,20,21). The maximum atomic E-state index is 13.3. The van der Waals surface area contributed by atoms with E-state index in [1.807, 2.05) is 66.6 Å². The fourth-order valence-electron chi connectivity index (χ4n) is 1.95. The predicted octanol–water partition coefficient (Wildman–Crippen LogP) is 5.23. The van der Waals surface area contributed by atoms with E-state index in [0.717, 1.165) is 9.79 Å². The van der Waals surface area contributed by atoms with Crippen LogP contribution in [0.15, 0.2) is 70.5 Å². The zero-order valence-corrected chi connectivity index (χ0v) is 16.7. The third-order valence-corrected chi connectivity index (χ3v) is 9.65. The second kappa shape index (κ2) is 11.2. The van der Waals surface area contributed by atoms with Crippen LogP contribution >= 0.6 is 28.5 Å². The molecule has 0 spiro atoms. The van der Waals surface area contributed by atoms with Gasteiger partial charge in [0.1, 0.15) is 0 Å². The van der Waals surface area contributed by atoms with Gasteiger partial charge in [0.2, 0.25) is 0 Å². The molecule has 0 bridgehead atoms. The quantitative estimate of drug-likeness (QED) is 0.333. The van der Waals surface area contributed by atoms with E-state index in [-0.39, 0.29) is 0 Å². The van der Waals surface area contributed by atoms with Crippen molar-refractivity contribution in [3.05, 3.63) is 60.7 Å². The number of benzene rings is 2. The summed E-state index contributed by atoms with van der Waals surface area (Å²) < 4.78 is 19.1. The lowest BCUT2D eigenvalue weighted by Gasteiger charge is -2.17. The van der Waals surface area contributed by atoms with Crippen molar-refractivity contribution in [1.29, 1.82) is 0 Å². The van der Waals surface area contributed by atoms with E-state index in [0.29, 0.717) is 26.0 Å². The SMILES string of the molecule is C#CC(=O)NCCCCOP(=O)(Sc1ccccc1)Sc1ccccc1. The predicted molar refractivity (Wildman–Crippen MR) is 109 cm³/mol. The number of nitrogens with one attached hydrogen (secondary N) is 1. The molecule has 0 atom stereocenters. The molecule has 0 aliphatic heterocycles. The Kier molecular flexibility index (Phi) is 8.87. The average molecular weight is 405 g/mol. The van der Waals surface area contributed by atoms with E-state index in [4.69, 9.17) is 10.9 Å². The van der Waals surface area contributed by atoms with Gasteiger partial charge in [-0.05, 0) is 65.8 Å². The van der Waals surface area contributed by atoms with Gasteiger partial charge in [-0.3, -0.25) is 9.36 Å². The number of carbonyl (C=O) groups excluding carboxylic acids is 1. The highest BCUT2D eigenvalue weighted by atomic mass is 33.1. The van der Waals surface area contributed by atoms with Gasteiger partial charge in [-0.15, -0.1) is 6.42 Å². The van der Waals surface area contributed by atoms with Crippen molar-refractivity contribution >= 4 is 34.4 Å². The van der Waals surface area contributed by atoms with Gasteiger partial charge in [0.15, 0.2) is 0 Å². The Bertz CT molecular complexity index is 733. The molecule has 2 aromatic carbocycles. The van der Waals surface area contributed by atoms with E-state index in [1.165, 1.54) is 22.8 Å². The van der Waals surface area contributed by atoms with Crippen LogP contribution in [0, 0.1) is 12.3 Å². The zero-order valence-electron chi connectivity index (χ0n) is 14.2. The maximum absolute atomic E-state index is 13.3. The minimum absolute atomic E-state index is 0.350. The first-order chi connectivity index (χ1) is 12.6. The maximum Gasteiger partial charge on any atom is 0.322 e. The van der Waals surface area contributed by atoms with Crippen LogP contribution in [0.3, 0.4) is 0 Å². The van der Waals surface area contributed by atoms with E-state index in [1.54, 1.807) is 0 Å². The van der Waals surface area contributed by atoms with Crippen LogP contribution in [0.2, 0.25) is 0 Å². The van der Waals surface area contributed by atoms with Gasteiger partial charge in [-0.1, -0.05) is 36.4 Å².